The Morgan fingerprint density at radius 1 is 1.16 bits per heavy atom. The summed E-state index contributed by atoms with van der Waals surface area (Å²) in [4.78, 5) is 0.308. The minimum Gasteiger partial charge on any atom is -0.327 e. The zero-order valence-electron chi connectivity index (χ0n) is 10.9. The molecule has 0 radical (unpaired) electrons. The van der Waals surface area contributed by atoms with Crippen LogP contribution in [0.4, 0.5) is 0 Å². The summed E-state index contributed by atoms with van der Waals surface area (Å²) in [6.07, 6.45) is 5.68. The van der Waals surface area contributed by atoms with E-state index in [1.54, 1.807) is 24.3 Å². The van der Waals surface area contributed by atoms with E-state index in [4.69, 9.17) is 17.3 Å². The van der Waals surface area contributed by atoms with Crippen molar-refractivity contribution in [2.45, 2.75) is 43.0 Å². The van der Waals surface area contributed by atoms with E-state index >= 15 is 0 Å². The summed E-state index contributed by atoms with van der Waals surface area (Å²) >= 11 is 5.77. The lowest BCUT2D eigenvalue weighted by Crippen LogP contribution is -2.38. The molecule has 1 fully saturated rings. The molecule has 1 aromatic rings. The highest BCUT2D eigenvalue weighted by Crippen LogP contribution is 2.27. The van der Waals surface area contributed by atoms with Crippen molar-refractivity contribution < 1.29 is 8.42 Å². The first kappa shape index (κ1) is 14.8. The second-order valence-electron chi connectivity index (χ2n) is 5.30. The van der Waals surface area contributed by atoms with Crippen LogP contribution in [-0.4, -0.2) is 20.2 Å². The van der Waals surface area contributed by atoms with E-state index < -0.39 is 9.84 Å². The van der Waals surface area contributed by atoms with Gasteiger partial charge in [-0.3, -0.25) is 0 Å². The molecule has 1 aromatic carbocycles. The van der Waals surface area contributed by atoms with Crippen molar-refractivity contribution in [3.63, 3.8) is 0 Å². The van der Waals surface area contributed by atoms with Crippen LogP contribution in [-0.2, 0) is 9.84 Å². The van der Waals surface area contributed by atoms with E-state index in [1.165, 1.54) is 19.3 Å². The van der Waals surface area contributed by atoms with Gasteiger partial charge in [-0.1, -0.05) is 30.9 Å². The van der Waals surface area contributed by atoms with Crippen molar-refractivity contribution in [1.82, 2.24) is 0 Å². The molecule has 0 aliphatic heterocycles. The summed E-state index contributed by atoms with van der Waals surface area (Å²) in [5, 5.41) is 0.538. The van der Waals surface area contributed by atoms with Crippen molar-refractivity contribution in [1.29, 1.82) is 0 Å². The van der Waals surface area contributed by atoms with Crippen molar-refractivity contribution in [3.05, 3.63) is 29.3 Å². The van der Waals surface area contributed by atoms with Gasteiger partial charge in [-0.15, -0.1) is 0 Å². The maximum Gasteiger partial charge on any atom is 0.179 e. The molecule has 2 rings (SSSR count). The number of sulfone groups is 1. The summed E-state index contributed by atoms with van der Waals surface area (Å²) in [7, 11) is -3.31. The molecule has 3 nitrogen and oxygen atoms in total. The minimum absolute atomic E-state index is 0.0271. The van der Waals surface area contributed by atoms with Crippen LogP contribution >= 0.6 is 11.6 Å². The predicted octanol–water partition coefficient (Wildman–Crippen LogP) is 3.02. The number of halogens is 1. The number of nitrogens with two attached hydrogens (primary N) is 1. The summed E-state index contributed by atoms with van der Waals surface area (Å²) in [5.41, 5.74) is 6.10. The van der Waals surface area contributed by atoms with Crippen LogP contribution in [0.3, 0.4) is 0 Å². The molecule has 19 heavy (non-hydrogen) atoms. The zero-order valence-corrected chi connectivity index (χ0v) is 12.5. The molecule has 1 unspecified atom stereocenters. The number of rotatable bonds is 4. The van der Waals surface area contributed by atoms with E-state index in [2.05, 4.69) is 0 Å². The van der Waals surface area contributed by atoms with Crippen LogP contribution < -0.4 is 5.73 Å². The molecule has 0 heterocycles. The maximum atomic E-state index is 12.3. The van der Waals surface area contributed by atoms with Gasteiger partial charge in [0.05, 0.1) is 10.6 Å². The van der Waals surface area contributed by atoms with E-state index in [1.807, 2.05) is 0 Å². The third-order valence-corrected chi connectivity index (χ3v) is 5.91. The average molecular weight is 302 g/mol. The fraction of sp³-hybridized carbons (Fsp3) is 0.571. The molecular formula is C14H20ClNO2S. The third kappa shape index (κ3) is 3.94. The smallest absolute Gasteiger partial charge is 0.179 e. The standard InChI is InChI=1S/C14H20ClNO2S/c15-12-6-8-13(9-7-12)19(17,18)10-14(16)11-4-2-1-3-5-11/h6-9,11,14H,1-5,10,16H2. The van der Waals surface area contributed by atoms with Gasteiger partial charge in [0, 0.05) is 11.1 Å². The van der Waals surface area contributed by atoms with Crippen LogP contribution in [0.25, 0.3) is 0 Å². The molecule has 0 saturated heterocycles. The summed E-state index contributed by atoms with van der Waals surface area (Å²) in [6.45, 7) is 0. The van der Waals surface area contributed by atoms with Crippen molar-refractivity contribution >= 4 is 21.4 Å². The Balaban J connectivity index is 2.05. The lowest BCUT2D eigenvalue weighted by Gasteiger charge is -2.27. The molecule has 5 heteroatoms. The van der Waals surface area contributed by atoms with Crippen molar-refractivity contribution in [2.24, 2.45) is 11.7 Å². The number of hydrogen-bond acceptors (Lipinski definition) is 3. The largest absolute Gasteiger partial charge is 0.327 e. The first-order chi connectivity index (χ1) is 8.99. The molecule has 1 aliphatic carbocycles. The number of hydrogen-bond donors (Lipinski definition) is 1. The summed E-state index contributed by atoms with van der Waals surface area (Å²) < 4.78 is 24.5. The quantitative estimate of drug-likeness (QED) is 0.930. The molecule has 2 N–H and O–H groups in total. The zero-order chi connectivity index (χ0) is 13.9. The van der Waals surface area contributed by atoms with Crippen LogP contribution in [0.15, 0.2) is 29.2 Å². The molecule has 0 spiro atoms. The third-order valence-electron chi connectivity index (χ3n) is 3.84. The maximum absolute atomic E-state index is 12.3. The lowest BCUT2D eigenvalue weighted by atomic mass is 9.85. The van der Waals surface area contributed by atoms with E-state index in [0.717, 1.165) is 12.8 Å². The van der Waals surface area contributed by atoms with Crippen LogP contribution in [0, 0.1) is 5.92 Å². The van der Waals surface area contributed by atoms with Gasteiger partial charge >= 0.3 is 0 Å². The Morgan fingerprint density at radius 2 is 1.74 bits per heavy atom. The van der Waals surface area contributed by atoms with Gasteiger partial charge in [-0.05, 0) is 43.0 Å². The van der Waals surface area contributed by atoms with Crippen molar-refractivity contribution in [3.8, 4) is 0 Å². The Kier molecular flexibility index (Phi) is 4.87. The second-order valence-corrected chi connectivity index (χ2v) is 7.77. The van der Waals surface area contributed by atoms with Crippen molar-refractivity contribution in [2.75, 3.05) is 5.75 Å². The van der Waals surface area contributed by atoms with Gasteiger partial charge in [0.25, 0.3) is 0 Å². The van der Waals surface area contributed by atoms with Gasteiger partial charge in [-0.2, -0.15) is 0 Å². The minimum atomic E-state index is -3.31. The Morgan fingerprint density at radius 3 is 2.32 bits per heavy atom. The normalized spacial score (nSPS) is 19.3. The summed E-state index contributed by atoms with van der Waals surface area (Å²) in [5.74, 6) is 0.370. The molecule has 0 bridgehead atoms. The topological polar surface area (TPSA) is 60.2 Å². The first-order valence-corrected chi connectivity index (χ1v) is 8.76. The second kappa shape index (κ2) is 6.25. The molecule has 1 aliphatic rings. The van der Waals surface area contributed by atoms with Gasteiger partial charge in [0.2, 0.25) is 0 Å². The molecule has 0 amide bonds. The van der Waals surface area contributed by atoms with Gasteiger partial charge in [0.15, 0.2) is 9.84 Å². The first-order valence-electron chi connectivity index (χ1n) is 6.73. The van der Waals surface area contributed by atoms with Crippen LogP contribution in [0.2, 0.25) is 5.02 Å². The Hall–Kier alpha value is -0.580. The molecular weight excluding hydrogens is 282 g/mol. The highest BCUT2D eigenvalue weighted by Gasteiger charge is 2.26. The highest BCUT2D eigenvalue weighted by molar-refractivity contribution is 7.91. The Bertz CT molecular complexity index is 507. The molecule has 0 aromatic heterocycles. The highest BCUT2D eigenvalue weighted by atomic mass is 35.5. The van der Waals surface area contributed by atoms with Gasteiger partial charge in [0.1, 0.15) is 0 Å². The lowest BCUT2D eigenvalue weighted by molar-refractivity contribution is 0.317. The predicted molar refractivity (Wildman–Crippen MR) is 78.1 cm³/mol. The molecule has 1 saturated carbocycles. The van der Waals surface area contributed by atoms with Gasteiger partial charge in [-0.25, -0.2) is 8.42 Å². The van der Waals surface area contributed by atoms with E-state index in [9.17, 15) is 8.42 Å². The summed E-state index contributed by atoms with van der Waals surface area (Å²) in [6, 6.07) is 6.03. The fourth-order valence-electron chi connectivity index (χ4n) is 2.69. The molecule has 1 atom stereocenters. The monoisotopic (exact) mass is 301 g/mol. The molecule has 106 valence electrons. The number of benzene rings is 1. The fourth-order valence-corrected chi connectivity index (χ4v) is 4.34. The Labute approximate surface area is 120 Å². The SMILES string of the molecule is NC(CS(=O)(=O)c1ccc(Cl)cc1)C1CCCCC1. The van der Waals surface area contributed by atoms with Gasteiger partial charge < -0.3 is 5.73 Å². The van der Waals surface area contributed by atoms with Crippen LogP contribution in [0.5, 0.6) is 0 Å². The average Bonchev–Trinajstić information content (AvgIpc) is 2.40. The van der Waals surface area contributed by atoms with Crippen LogP contribution in [0.1, 0.15) is 32.1 Å². The van der Waals surface area contributed by atoms with E-state index in [-0.39, 0.29) is 11.8 Å². The van der Waals surface area contributed by atoms with E-state index in [0.29, 0.717) is 15.8 Å².